The van der Waals surface area contributed by atoms with E-state index < -0.39 is 0 Å². The molecule has 76 valence electrons. The minimum absolute atomic E-state index is 0.622. The van der Waals surface area contributed by atoms with E-state index in [1.807, 2.05) is 0 Å². The highest BCUT2D eigenvalue weighted by Gasteiger charge is 2.18. The number of piperidine rings is 1. The van der Waals surface area contributed by atoms with Crippen LogP contribution < -0.4 is 10.6 Å². The molecule has 2 nitrogen and oxygen atoms in total. The van der Waals surface area contributed by atoms with Gasteiger partial charge in [-0.05, 0) is 38.6 Å². The van der Waals surface area contributed by atoms with Crippen molar-refractivity contribution >= 4 is 0 Å². The van der Waals surface area contributed by atoms with Gasteiger partial charge in [-0.3, -0.25) is 5.32 Å². The van der Waals surface area contributed by atoms with Crippen LogP contribution in [-0.4, -0.2) is 18.8 Å². The molecule has 1 heterocycles. The topological polar surface area (TPSA) is 24.1 Å². The molecule has 1 unspecified atom stereocenters. The Hall–Kier alpha value is -0.0800. The maximum absolute atomic E-state index is 3.75. The van der Waals surface area contributed by atoms with E-state index in [2.05, 4.69) is 10.6 Å². The van der Waals surface area contributed by atoms with Crippen molar-refractivity contribution in [1.29, 1.82) is 0 Å². The smallest absolute Gasteiger partial charge is 0.0573 e. The van der Waals surface area contributed by atoms with Crippen LogP contribution in [0, 0.1) is 0 Å². The van der Waals surface area contributed by atoms with Crippen molar-refractivity contribution in [2.24, 2.45) is 0 Å². The second-order valence-corrected chi connectivity index (χ2v) is 4.50. The van der Waals surface area contributed by atoms with Crippen molar-refractivity contribution in [3.8, 4) is 0 Å². The van der Waals surface area contributed by atoms with Gasteiger partial charge >= 0.3 is 0 Å². The van der Waals surface area contributed by atoms with Gasteiger partial charge in [-0.1, -0.05) is 19.3 Å². The highest BCUT2D eigenvalue weighted by molar-refractivity contribution is 4.78. The summed E-state index contributed by atoms with van der Waals surface area (Å²) >= 11 is 0. The molecule has 2 aliphatic rings. The molecule has 0 aromatic rings. The predicted octanol–water partition coefficient (Wildman–Crippen LogP) is 2.01. The molecule has 2 N–H and O–H groups in total. The van der Waals surface area contributed by atoms with Crippen LogP contribution in [0.2, 0.25) is 0 Å². The summed E-state index contributed by atoms with van der Waals surface area (Å²) in [4.78, 5) is 0. The van der Waals surface area contributed by atoms with Crippen LogP contribution in [0.3, 0.4) is 0 Å². The van der Waals surface area contributed by atoms with Crippen molar-refractivity contribution in [1.82, 2.24) is 10.6 Å². The summed E-state index contributed by atoms with van der Waals surface area (Å²) < 4.78 is 0. The Morgan fingerprint density at radius 1 is 0.846 bits per heavy atom. The van der Waals surface area contributed by atoms with Gasteiger partial charge in [0.2, 0.25) is 0 Å². The standard InChI is InChI=1S/C11H22N2/c1-2-6-10(7-3-1)13-11-8-4-5-9-12-11/h10-13H,1-9H2. The van der Waals surface area contributed by atoms with Gasteiger partial charge in [0.05, 0.1) is 6.17 Å². The normalized spacial score (nSPS) is 31.8. The van der Waals surface area contributed by atoms with E-state index in [1.54, 1.807) is 0 Å². The third-order valence-electron chi connectivity index (χ3n) is 3.35. The van der Waals surface area contributed by atoms with Crippen molar-refractivity contribution in [3.63, 3.8) is 0 Å². The summed E-state index contributed by atoms with van der Waals surface area (Å²) in [7, 11) is 0. The van der Waals surface area contributed by atoms with Crippen LogP contribution in [0.4, 0.5) is 0 Å². The van der Waals surface area contributed by atoms with Crippen LogP contribution >= 0.6 is 0 Å². The van der Waals surface area contributed by atoms with E-state index in [-0.39, 0.29) is 0 Å². The second kappa shape index (κ2) is 4.97. The summed E-state index contributed by atoms with van der Waals surface area (Å²) in [6.45, 7) is 1.21. The Morgan fingerprint density at radius 2 is 1.62 bits per heavy atom. The van der Waals surface area contributed by atoms with Crippen molar-refractivity contribution in [3.05, 3.63) is 0 Å². The van der Waals surface area contributed by atoms with Gasteiger partial charge in [-0.2, -0.15) is 0 Å². The highest BCUT2D eigenvalue weighted by atomic mass is 15.1. The largest absolute Gasteiger partial charge is 0.302 e. The van der Waals surface area contributed by atoms with Crippen molar-refractivity contribution in [2.45, 2.75) is 63.6 Å². The number of hydrogen-bond acceptors (Lipinski definition) is 2. The maximum atomic E-state index is 3.75. The lowest BCUT2D eigenvalue weighted by Crippen LogP contribution is -2.49. The zero-order valence-corrected chi connectivity index (χ0v) is 8.52. The zero-order valence-electron chi connectivity index (χ0n) is 8.52. The van der Waals surface area contributed by atoms with E-state index >= 15 is 0 Å². The highest BCUT2D eigenvalue weighted by Crippen LogP contribution is 2.18. The fourth-order valence-corrected chi connectivity index (χ4v) is 2.55. The third kappa shape index (κ3) is 2.96. The zero-order chi connectivity index (χ0) is 8.93. The quantitative estimate of drug-likeness (QED) is 0.682. The summed E-state index contributed by atoms with van der Waals surface area (Å²) in [5.74, 6) is 0. The van der Waals surface area contributed by atoms with E-state index in [9.17, 15) is 0 Å². The average molecular weight is 182 g/mol. The minimum Gasteiger partial charge on any atom is -0.302 e. The lowest BCUT2D eigenvalue weighted by Gasteiger charge is -2.31. The molecule has 0 spiro atoms. The molecule has 2 heteroatoms. The first-order valence-electron chi connectivity index (χ1n) is 5.94. The number of rotatable bonds is 2. The molecule has 1 aliphatic heterocycles. The fraction of sp³-hybridized carbons (Fsp3) is 1.00. The lowest BCUT2D eigenvalue weighted by molar-refractivity contribution is 0.273. The Balaban J connectivity index is 1.69. The number of hydrogen-bond donors (Lipinski definition) is 2. The Morgan fingerprint density at radius 3 is 2.31 bits per heavy atom. The van der Waals surface area contributed by atoms with Crippen molar-refractivity contribution in [2.75, 3.05) is 6.54 Å². The molecular weight excluding hydrogens is 160 g/mol. The molecule has 0 radical (unpaired) electrons. The molecule has 2 fully saturated rings. The van der Waals surface area contributed by atoms with Gasteiger partial charge < -0.3 is 5.32 Å². The molecular formula is C11H22N2. The molecule has 0 bridgehead atoms. The van der Waals surface area contributed by atoms with Crippen LogP contribution in [0.15, 0.2) is 0 Å². The van der Waals surface area contributed by atoms with Gasteiger partial charge in [0.25, 0.3) is 0 Å². The Labute approximate surface area is 81.5 Å². The van der Waals surface area contributed by atoms with Crippen LogP contribution in [0.25, 0.3) is 0 Å². The van der Waals surface area contributed by atoms with Gasteiger partial charge in [0.15, 0.2) is 0 Å². The molecule has 0 aromatic heterocycles. The molecule has 1 aliphatic carbocycles. The van der Waals surface area contributed by atoms with Gasteiger partial charge in [-0.25, -0.2) is 0 Å². The first-order valence-corrected chi connectivity index (χ1v) is 5.94. The predicted molar refractivity (Wildman–Crippen MR) is 55.7 cm³/mol. The molecule has 0 aromatic carbocycles. The fourth-order valence-electron chi connectivity index (χ4n) is 2.55. The second-order valence-electron chi connectivity index (χ2n) is 4.50. The molecule has 0 amide bonds. The first kappa shape index (κ1) is 9.47. The molecule has 1 saturated heterocycles. The van der Waals surface area contributed by atoms with Gasteiger partial charge in [0, 0.05) is 6.04 Å². The summed E-state index contributed by atoms with van der Waals surface area (Å²) in [5.41, 5.74) is 0. The van der Waals surface area contributed by atoms with Crippen molar-refractivity contribution < 1.29 is 0 Å². The maximum Gasteiger partial charge on any atom is 0.0573 e. The van der Waals surface area contributed by atoms with Crippen LogP contribution in [0.1, 0.15) is 51.4 Å². The van der Waals surface area contributed by atoms with E-state index in [1.165, 1.54) is 57.9 Å². The van der Waals surface area contributed by atoms with E-state index in [0.29, 0.717) is 6.17 Å². The molecule has 1 saturated carbocycles. The van der Waals surface area contributed by atoms with Crippen LogP contribution in [0.5, 0.6) is 0 Å². The van der Waals surface area contributed by atoms with Crippen LogP contribution in [-0.2, 0) is 0 Å². The van der Waals surface area contributed by atoms with E-state index in [4.69, 9.17) is 0 Å². The molecule has 2 rings (SSSR count). The minimum atomic E-state index is 0.622. The molecule has 1 atom stereocenters. The summed E-state index contributed by atoms with van der Waals surface area (Å²) in [5, 5.41) is 7.30. The van der Waals surface area contributed by atoms with Gasteiger partial charge in [0.1, 0.15) is 0 Å². The number of nitrogens with one attached hydrogen (secondary N) is 2. The Bertz CT molecular complexity index is 119. The monoisotopic (exact) mass is 182 g/mol. The SMILES string of the molecule is C1CCC(NC2CCCCN2)CC1. The third-order valence-corrected chi connectivity index (χ3v) is 3.35. The Kier molecular flexibility index (Phi) is 3.62. The molecule has 13 heavy (non-hydrogen) atoms. The average Bonchev–Trinajstić information content (AvgIpc) is 2.21. The van der Waals surface area contributed by atoms with Gasteiger partial charge in [-0.15, -0.1) is 0 Å². The lowest BCUT2D eigenvalue weighted by atomic mass is 9.95. The van der Waals surface area contributed by atoms with E-state index in [0.717, 1.165) is 6.04 Å². The first-order chi connectivity index (χ1) is 6.45. The summed E-state index contributed by atoms with van der Waals surface area (Å²) in [6.07, 6.45) is 11.8. The summed E-state index contributed by atoms with van der Waals surface area (Å²) in [6, 6.07) is 0.810.